The molecule has 0 saturated carbocycles. The largest absolute Gasteiger partial charge is 0.497 e. The van der Waals surface area contributed by atoms with Crippen LogP contribution in [-0.4, -0.2) is 37.1 Å². The normalized spacial score (nSPS) is 19.3. The smallest absolute Gasteiger partial charge is 0.325 e. The highest BCUT2D eigenvalue weighted by Gasteiger charge is 2.48. The van der Waals surface area contributed by atoms with Crippen molar-refractivity contribution in [2.45, 2.75) is 38.6 Å². The first-order valence-corrected chi connectivity index (χ1v) is 9.67. The Kier molecular flexibility index (Phi) is 5.55. The highest BCUT2D eigenvalue weighted by atomic mass is 16.5. The van der Waals surface area contributed by atoms with Gasteiger partial charge in [-0.25, -0.2) is 4.79 Å². The summed E-state index contributed by atoms with van der Waals surface area (Å²) in [5, 5.41) is 2.83. The highest BCUT2D eigenvalue weighted by Crippen LogP contribution is 2.31. The number of carbonyl (C=O) groups is 2. The summed E-state index contributed by atoms with van der Waals surface area (Å²) in [5.74, 6) is 1.11. The standard InChI is InChI=1S/C23H28N2O4/c1-22(2,3)16-6-8-17(9-7-16)23(4)20(26)25(21(27)24-23)14-15-29-19-12-10-18(28-5)11-13-19/h6-13H,14-15H2,1-5H3,(H,24,27)/t23-/m0/s1. The minimum Gasteiger partial charge on any atom is -0.497 e. The van der Waals surface area contributed by atoms with Crippen LogP contribution in [-0.2, 0) is 15.7 Å². The Morgan fingerprint density at radius 3 is 2.10 bits per heavy atom. The summed E-state index contributed by atoms with van der Waals surface area (Å²) in [4.78, 5) is 26.7. The molecule has 1 atom stereocenters. The summed E-state index contributed by atoms with van der Waals surface area (Å²) >= 11 is 0. The van der Waals surface area contributed by atoms with Gasteiger partial charge in [0.25, 0.3) is 5.91 Å². The van der Waals surface area contributed by atoms with Crippen LogP contribution in [0.4, 0.5) is 4.79 Å². The average Bonchev–Trinajstić information content (AvgIpc) is 2.92. The lowest BCUT2D eigenvalue weighted by molar-refractivity contribution is -0.131. The fraction of sp³-hybridized carbons (Fsp3) is 0.391. The third kappa shape index (κ3) is 4.21. The van der Waals surface area contributed by atoms with Crippen LogP contribution < -0.4 is 14.8 Å². The van der Waals surface area contributed by atoms with Gasteiger partial charge in [-0.2, -0.15) is 0 Å². The van der Waals surface area contributed by atoms with Gasteiger partial charge in [-0.05, 0) is 47.7 Å². The molecule has 0 radical (unpaired) electrons. The van der Waals surface area contributed by atoms with Crippen LogP contribution in [0.15, 0.2) is 48.5 Å². The Labute approximate surface area is 171 Å². The van der Waals surface area contributed by atoms with Gasteiger partial charge in [-0.1, -0.05) is 45.0 Å². The van der Waals surface area contributed by atoms with Crippen LogP contribution in [0.2, 0.25) is 0 Å². The highest BCUT2D eigenvalue weighted by molar-refractivity contribution is 6.07. The van der Waals surface area contributed by atoms with Gasteiger partial charge in [-0.15, -0.1) is 0 Å². The summed E-state index contributed by atoms with van der Waals surface area (Å²) in [5.41, 5.74) is 0.884. The van der Waals surface area contributed by atoms with Crippen LogP contribution in [0.25, 0.3) is 0 Å². The van der Waals surface area contributed by atoms with Crippen molar-refractivity contribution in [1.29, 1.82) is 0 Å². The lowest BCUT2D eigenvalue weighted by Crippen LogP contribution is -2.41. The number of urea groups is 1. The fourth-order valence-electron chi connectivity index (χ4n) is 3.33. The third-order valence-electron chi connectivity index (χ3n) is 5.25. The van der Waals surface area contributed by atoms with Crippen molar-refractivity contribution >= 4 is 11.9 Å². The number of imide groups is 1. The molecule has 154 valence electrons. The van der Waals surface area contributed by atoms with Crippen molar-refractivity contribution in [3.8, 4) is 11.5 Å². The summed E-state index contributed by atoms with van der Waals surface area (Å²) in [6.45, 7) is 8.53. The molecule has 1 fully saturated rings. The number of benzene rings is 2. The number of nitrogens with one attached hydrogen (secondary N) is 1. The monoisotopic (exact) mass is 396 g/mol. The van der Waals surface area contributed by atoms with E-state index < -0.39 is 11.6 Å². The van der Waals surface area contributed by atoms with E-state index in [2.05, 4.69) is 26.1 Å². The van der Waals surface area contributed by atoms with Crippen LogP contribution in [0.5, 0.6) is 11.5 Å². The predicted molar refractivity (Wildman–Crippen MR) is 111 cm³/mol. The van der Waals surface area contributed by atoms with Crippen LogP contribution in [0.3, 0.4) is 0 Å². The van der Waals surface area contributed by atoms with Crippen molar-refractivity contribution in [1.82, 2.24) is 10.2 Å². The minimum atomic E-state index is -1.08. The quantitative estimate of drug-likeness (QED) is 0.754. The van der Waals surface area contributed by atoms with E-state index in [1.165, 1.54) is 10.5 Å². The van der Waals surface area contributed by atoms with E-state index in [4.69, 9.17) is 9.47 Å². The van der Waals surface area contributed by atoms with Gasteiger partial charge >= 0.3 is 6.03 Å². The van der Waals surface area contributed by atoms with Crippen LogP contribution in [0.1, 0.15) is 38.8 Å². The molecule has 1 heterocycles. The molecule has 3 rings (SSSR count). The number of hydrogen-bond acceptors (Lipinski definition) is 4. The SMILES string of the molecule is COc1ccc(OCCN2C(=O)N[C@@](C)(c3ccc(C(C)(C)C)cc3)C2=O)cc1. The molecular weight excluding hydrogens is 368 g/mol. The van der Waals surface area contributed by atoms with Crippen molar-refractivity contribution in [2.24, 2.45) is 0 Å². The van der Waals surface area contributed by atoms with Gasteiger partial charge in [0.05, 0.1) is 13.7 Å². The van der Waals surface area contributed by atoms with Crippen molar-refractivity contribution in [3.63, 3.8) is 0 Å². The molecule has 29 heavy (non-hydrogen) atoms. The zero-order valence-corrected chi connectivity index (χ0v) is 17.6. The number of carbonyl (C=O) groups excluding carboxylic acids is 2. The molecule has 1 N–H and O–H groups in total. The molecule has 1 saturated heterocycles. The maximum Gasteiger partial charge on any atom is 0.325 e. The minimum absolute atomic E-state index is 0.0210. The molecular formula is C23H28N2O4. The number of hydrogen-bond donors (Lipinski definition) is 1. The van der Waals surface area contributed by atoms with Gasteiger partial charge in [-0.3, -0.25) is 9.69 Å². The predicted octanol–water partition coefficient (Wildman–Crippen LogP) is 3.84. The number of rotatable bonds is 6. The van der Waals surface area contributed by atoms with Gasteiger partial charge in [0.2, 0.25) is 0 Å². The van der Waals surface area contributed by atoms with E-state index in [1.54, 1.807) is 38.3 Å². The number of amides is 3. The molecule has 1 aliphatic rings. The Morgan fingerprint density at radius 1 is 0.966 bits per heavy atom. The van der Waals surface area contributed by atoms with Crippen molar-refractivity contribution in [3.05, 3.63) is 59.7 Å². The summed E-state index contributed by atoms with van der Waals surface area (Å²) < 4.78 is 10.8. The molecule has 0 aromatic heterocycles. The van der Waals surface area contributed by atoms with Crippen LogP contribution in [0, 0.1) is 0 Å². The zero-order chi connectivity index (χ0) is 21.2. The Hall–Kier alpha value is -3.02. The van der Waals surface area contributed by atoms with Crippen molar-refractivity contribution in [2.75, 3.05) is 20.3 Å². The summed E-state index contributed by atoms with van der Waals surface area (Å²) in [6, 6.07) is 14.6. The molecule has 3 amide bonds. The number of ether oxygens (including phenoxy) is 2. The fourth-order valence-corrected chi connectivity index (χ4v) is 3.33. The zero-order valence-electron chi connectivity index (χ0n) is 17.6. The lowest BCUT2D eigenvalue weighted by Gasteiger charge is -2.24. The van der Waals surface area contributed by atoms with Gasteiger partial charge in [0.15, 0.2) is 0 Å². The van der Waals surface area contributed by atoms with E-state index in [0.717, 1.165) is 11.3 Å². The van der Waals surface area contributed by atoms with E-state index in [0.29, 0.717) is 5.75 Å². The van der Waals surface area contributed by atoms with Gasteiger partial charge in [0, 0.05) is 0 Å². The molecule has 2 aromatic rings. The third-order valence-corrected chi connectivity index (χ3v) is 5.25. The molecule has 6 nitrogen and oxygen atoms in total. The summed E-state index contributed by atoms with van der Waals surface area (Å²) in [7, 11) is 1.60. The van der Waals surface area contributed by atoms with Gasteiger partial charge in [0.1, 0.15) is 23.6 Å². The van der Waals surface area contributed by atoms with Gasteiger partial charge < -0.3 is 14.8 Å². The molecule has 0 spiro atoms. The first-order valence-electron chi connectivity index (χ1n) is 9.67. The Balaban J connectivity index is 1.66. The first kappa shape index (κ1) is 20.7. The molecule has 0 bridgehead atoms. The number of nitrogens with zero attached hydrogens (tertiary/aromatic N) is 1. The molecule has 0 unspecified atom stereocenters. The van der Waals surface area contributed by atoms with E-state index in [-0.39, 0.29) is 24.5 Å². The molecule has 6 heteroatoms. The van der Waals surface area contributed by atoms with Crippen LogP contribution >= 0.6 is 0 Å². The first-order chi connectivity index (χ1) is 13.6. The number of methoxy groups -OCH3 is 1. The van der Waals surface area contributed by atoms with E-state index in [1.807, 2.05) is 24.3 Å². The molecule has 2 aromatic carbocycles. The maximum absolute atomic E-state index is 13.0. The molecule has 0 aliphatic carbocycles. The van der Waals surface area contributed by atoms with E-state index >= 15 is 0 Å². The Morgan fingerprint density at radius 2 is 1.55 bits per heavy atom. The molecule has 1 aliphatic heterocycles. The average molecular weight is 396 g/mol. The summed E-state index contributed by atoms with van der Waals surface area (Å²) in [6.07, 6.45) is 0. The second-order valence-electron chi connectivity index (χ2n) is 8.36. The topological polar surface area (TPSA) is 67.9 Å². The second kappa shape index (κ2) is 7.78. The van der Waals surface area contributed by atoms with E-state index in [9.17, 15) is 9.59 Å². The maximum atomic E-state index is 13.0. The van der Waals surface area contributed by atoms with Crippen molar-refractivity contribution < 1.29 is 19.1 Å². The lowest BCUT2D eigenvalue weighted by atomic mass is 9.84. The second-order valence-corrected chi connectivity index (χ2v) is 8.36. The Bertz CT molecular complexity index is 885.